The van der Waals surface area contributed by atoms with Crippen LogP contribution in [0.2, 0.25) is 0 Å². The van der Waals surface area contributed by atoms with E-state index >= 15 is 0 Å². The van der Waals surface area contributed by atoms with Gasteiger partial charge in [0.25, 0.3) is 0 Å². The lowest BCUT2D eigenvalue weighted by atomic mass is 10.1. The molecule has 162 valence electrons. The van der Waals surface area contributed by atoms with Crippen LogP contribution in [0.4, 0.5) is 0 Å². The van der Waals surface area contributed by atoms with Crippen LogP contribution in [0.5, 0.6) is 0 Å². The smallest absolute Gasteiger partial charge is 0.117 e. The van der Waals surface area contributed by atoms with Gasteiger partial charge in [0.1, 0.15) is 13.2 Å². The van der Waals surface area contributed by atoms with Gasteiger partial charge in [-0.3, -0.25) is 0 Å². The van der Waals surface area contributed by atoms with Crippen LogP contribution in [-0.2, 0) is 9.68 Å². The Morgan fingerprint density at radius 3 is 1.44 bits per heavy atom. The summed E-state index contributed by atoms with van der Waals surface area (Å²) in [5.41, 5.74) is 2.15. The van der Waals surface area contributed by atoms with E-state index in [0.29, 0.717) is 13.2 Å². The van der Waals surface area contributed by atoms with Crippen LogP contribution in [0.3, 0.4) is 0 Å². The molecular weight excluding hydrogens is 396 g/mol. The number of hydrogen-bond donors (Lipinski definition) is 0. The fraction of sp³-hybridized carbons (Fsp3) is 0.214. The van der Waals surface area contributed by atoms with Crippen molar-refractivity contribution in [1.82, 2.24) is 0 Å². The molecule has 0 heterocycles. The van der Waals surface area contributed by atoms with Crippen LogP contribution in [0.15, 0.2) is 95.2 Å². The lowest BCUT2D eigenvalue weighted by Gasteiger charge is -2.03. The van der Waals surface area contributed by atoms with Gasteiger partial charge in [-0.1, -0.05) is 95.2 Å². The first-order valence-corrected chi connectivity index (χ1v) is 11.2. The van der Waals surface area contributed by atoms with Crippen LogP contribution in [0, 0.1) is 0 Å². The van der Waals surface area contributed by atoms with E-state index in [1.807, 2.05) is 36.4 Å². The number of hydrogen-bond acceptors (Lipinski definition) is 4. The third-order valence-corrected chi connectivity index (χ3v) is 5.40. The predicted molar refractivity (Wildman–Crippen MR) is 133 cm³/mol. The summed E-state index contributed by atoms with van der Waals surface area (Å²) < 4.78 is 0. The quantitative estimate of drug-likeness (QED) is 0.148. The van der Waals surface area contributed by atoms with Gasteiger partial charge in [0, 0.05) is 11.1 Å². The highest BCUT2D eigenvalue weighted by Crippen LogP contribution is 2.18. The summed E-state index contributed by atoms with van der Waals surface area (Å²) in [6.45, 7) is 1.25. The standard InChI is InChI=1S/C28H28N2O2/c1(7-19-31-29-21-25-15-9-13-23-11-3-5-17-27(23)25)2-8-20-32-30-22-26-16-10-14-24-12-4-6-18-28(24)26/h3-6,9-18,21-22H,1-2,7-8,19-20H2. The molecule has 0 aliphatic rings. The monoisotopic (exact) mass is 424 g/mol. The Morgan fingerprint density at radius 1 is 0.500 bits per heavy atom. The maximum atomic E-state index is 5.43. The molecule has 4 aromatic carbocycles. The van der Waals surface area contributed by atoms with Gasteiger partial charge in [0.15, 0.2) is 0 Å². The molecule has 0 amide bonds. The minimum absolute atomic E-state index is 0.626. The van der Waals surface area contributed by atoms with Crippen molar-refractivity contribution in [2.75, 3.05) is 13.2 Å². The number of nitrogens with zero attached hydrogens (tertiary/aromatic N) is 2. The maximum absolute atomic E-state index is 5.43. The first kappa shape index (κ1) is 21.6. The Labute approximate surface area is 189 Å². The van der Waals surface area contributed by atoms with Crippen molar-refractivity contribution in [2.45, 2.75) is 25.7 Å². The molecule has 0 N–H and O–H groups in total. The fourth-order valence-electron chi connectivity index (χ4n) is 3.71. The minimum atomic E-state index is 0.626. The van der Waals surface area contributed by atoms with E-state index in [4.69, 9.17) is 9.68 Å². The van der Waals surface area contributed by atoms with Gasteiger partial charge in [-0.15, -0.1) is 0 Å². The predicted octanol–water partition coefficient (Wildman–Crippen LogP) is 6.95. The number of rotatable bonds is 11. The second-order valence-electron chi connectivity index (χ2n) is 7.69. The zero-order chi connectivity index (χ0) is 21.8. The highest BCUT2D eigenvalue weighted by atomic mass is 16.6. The molecule has 4 nitrogen and oxygen atoms in total. The molecule has 0 fully saturated rings. The van der Waals surface area contributed by atoms with Crippen molar-refractivity contribution in [3.8, 4) is 0 Å². The molecule has 0 radical (unpaired) electrons. The average Bonchev–Trinajstić information content (AvgIpc) is 2.85. The Bertz CT molecular complexity index is 1090. The van der Waals surface area contributed by atoms with Crippen molar-refractivity contribution in [3.05, 3.63) is 96.1 Å². The van der Waals surface area contributed by atoms with Crippen LogP contribution in [0.1, 0.15) is 36.8 Å². The number of oxime groups is 2. The van der Waals surface area contributed by atoms with Crippen LogP contribution < -0.4 is 0 Å². The van der Waals surface area contributed by atoms with E-state index in [-0.39, 0.29) is 0 Å². The third kappa shape index (κ3) is 5.94. The summed E-state index contributed by atoms with van der Waals surface area (Å²) in [6, 6.07) is 29.0. The summed E-state index contributed by atoms with van der Waals surface area (Å²) in [7, 11) is 0. The second kappa shape index (κ2) is 11.7. The van der Waals surface area contributed by atoms with E-state index in [0.717, 1.165) is 36.8 Å². The minimum Gasteiger partial charge on any atom is -0.396 e. The second-order valence-corrected chi connectivity index (χ2v) is 7.69. The summed E-state index contributed by atoms with van der Waals surface area (Å²) in [5, 5.41) is 13.1. The summed E-state index contributed by atoms with van der Waals surface area (Å²) >= 11 is 0. The van der Waals surface area contributed by atoms with Gasteiger partial charge in [0.05, 0.1) is 12.4 Å². The van der Waals surface area contributed by atoms with E-state index in [9.17, 15) is 0 Å². The molecule has 32 heavy (non-hydrogen) atoms. The van der Waals surface area contributed by atoms with Gasteiger partial charge < -0.3 is 9.68 Å². The van der Waals surface area contributed by atoms with Gasteiger partial charge in [-0.2, -0.15) is 0 Å². The third-order valence-electron chi connectivity index (χ3n) is 5.40. The van der Waals surface area contributed by atoms with Crippen molar-refractivity contribution >= 4 is 34.0 Å². The number of fused-ring (bicyclic) bond motifs is 2. The van der Waals surface area contributed by atoms with Crippen molar-refractivity contribution < 1.29 is 9.68 Å². The Hall–Kier alpha value is -3.66. The van der Waals surface area contributed by atoms with E-state index < -0.39 is 0 Å². The van der Waals surface area contributed by atoms with Crippen LogP contribution in [-0.4, -0.2) is 25.6 Å². The summed E-state index contributed by atoms with van der Waals surface area (Å²) in [5.74, 6) is 0. The zero-order valence-electron chi connectivity index (χ0n) is 18.2. The number of unbranched alkanes of at least 4 members (excludes halogenated alkanes) is 3. The van der Waals surface area contributed by atoms with Crippen LogP contribution >= 0.6 is 0 Å². The lowest BCUT2D eigenvalue weighted by Crippen LogP contribution is -1.93. The van der Waals surface area contributed by atoms with Crippen molar-refractivity contribution in [2.24, 2.45) is 10.3 Å². The molecule has 0 unspecified atom stereocenters. The Kier molecular flexibility index (Phi) is 7.86. The zero-order valence-corrected chi connectivity index (χ0v) is 18.2. The summed E-state index contributed by atoms with van der Waals surface area (Å²) in [6.07, 6.45) is 7.72. The van der Waals surface area contributed by atoms with Crippen molar-refractivity contribution in [3.63, 3.8) is 0 Å². The van der Waals surface area contributed by atoms with Gasteiger partial charge in [-0.05, 0) is 47.2 Å². The molecule has 0 bridgehead atoms. The molecule has 4 heteroatoms. The molecule has 0 aliphatic heterocycles. The molecule has 4 aromatic rings. The largest absolute Gasteiger partial charge is 0.396 e. The molecule has 0 aliphatic carbocycles. The molecule has 0 spiro atoms. The van der Waals surface area contributed by atoms with E-state index in [1.165, 1.54) is 21.5 Å². The number of benzene rings is 4. The van der Waals surface area contributed by atoms with Gasteiger partial charge in [0.2, 0.25) is 0 Å². The normalized spacial score (nSPS) is 11.6. The molecule has 0 saturated heterocycles. The maximum Gasteiger partial charge on any atom is 0.117 e. The van der Waals surface area contributed by atoms with Gasteiger partial charge in [-0.25, -0.2) is 0 Å². The first-order chi connectivity index (χ1) is 15.9. The topological polar surface area (TPSA) is 43.2 Å². The average molecular weight is 425 g/mol. The summed E-state index contributed by atoms with van der Waals surface area (Å²) in [4.78, 5) is 10.9. The van der Waals surface area contributed by atoms with E-state index in [2.05, 4.69) is 58.8 Å². The SMILES string of the molecule is C(=NOCCCCCCON=Cc1cccc2ccccc12)c1cccc2ccccc12. The molecule has 0 atom stereocenters. The molecular formula is C28H28N2O2. The molecule has 4 rings (SSSR count). The first-order valence-electron chi connectivity index (χ1n) is 11.2. The fourth-order valence-corrected chi connectivity index (χ4v) is 3.71. The Balaban J connectivity index is 1.08. The highest BCUT2D eigenvalue weighted by Gasteiger charge is 1.98. The van der Waals surface area contributed by atoms with Crippen molar-refractivity contribution in [1.29, 1.82) is 0 Å². The highest BCUT2D eigenvalue weighted by molar-refractivity contribution is 6.00. The van der Waals surface area contributed by atoms with Crippen LogP contribution in [0.25, 0.3) is 21.5 Å². The molecule has 0 aromatic heterocycles. The Morgan fingerprint density at radius 2 is 0.938 bits per heavy atom. The van der Waals surface area contributed by atoms with E-state index in [1.54, 1.807) is 12.4 Å². The molecule has 0 saturated carbocycles. The van der Waals surface area contributed by atoms with Gasteiger partial charge >= 0.3 is 0 Å². The lowest BCUT2D eigenvalue weighted by molar-refractivity contribution is 0.132.